The fraction of sp³-hybridized carbons (Fsp3) is 0.385. The van der Waals surface area contributed by atoms with E-state index in [1.54, 1.807) is 18.2 Å². The third-order valence-corrected chi connectivity index (χ3v) is 3.04. The van der Waals surface area contributed by atoms with Crippen LogP contribution in [0.3, 0.4) is 0 Å². The number of hydrogen-bond acceptors (Lipinski definition) is 4. The molecule has 5 heteroatoms. The molecule has 5 nitrogen and oxygen atoms in total. The molecule has 0 bridgehead atoms. The molecule has 1 heterocycles. The minimum Gasteiger partial charge on any atom is -0.399 e. The van der Waals surface area contributed by atoms with E-state index < -0.39 is 0 Å². The average molecular weight is 246 g/mol. The third-order valence-electron chi connectivity index (χ3n) is 3.04. The molecule has 1 aromatic carbocycles. The standard InChI is InChI=1S/C13H18N4O/c1-3-8(2)7-15-13-16-11-5-4-9(14)6-10(11)12(18)17-13/h4-6,8H,3,7,14H2,1-2H3,(H2,15,16,17,18). The van der Waals surface area contributed by atoms with Crippen LogP contribution in [0.5, 0.6) is 0 Å². The molecule has 1 aromatic heterocycles. The number of H-pyrrole nitrogens is 1. The summed E-state index contributed by atoms with van der Waals surface area (Å²) in [7, 11) is 0. The maximum atomic E-state index is 11.9. The van der Waals surface area contributed by atoms with Crippen molar-refractivity contribution in [2.45, 2.75) is 20.3 Å². The minimum atomic E-state index is -0.168. The second-order valence-electron chi connectivity index (χ2n) is 4.59. The number of hydrogen-bond donors (Lipinski definition) is 3. The topological polar surface area (TPSA) is 83.8 Å². The summed E-state index contributed by atoms with van der Waals surface area (Å²) in [5.74, 6) is 1.05. The van der Waals surface area contributed by atoms with Gasteiger partial charge in [0.2, 0.25) is 5.95 Å². The predicted octanol–water partition coefficient (Wildman–Crippen LogP) is 1.96. The van der Waals surface area contributed by atoms with Gasteiger partial charge in [-0.05, 0) is 24.1 Å². The first kappa shape index (κ1) is 12.4. The molecule has 0 aliphatic carbocycles. The summed E-state index contributed by atoms with van der Waals surface area (Å²) >= 11 is 0. The largest absolute Gasteiger partial charge is 0.399 e. The molecule has 2 rings (SSSR count). The van der Waals surface area contributed by atoms with E-state index in [1.807, 2.05) is 0 Å². The number of nitrogens with one attached hydrogen (secondary N) is 2. The van der Waals surface area contributed by atoms with Crippen molar-refractivity contribution in [3.05, 3.63) is 28.6 Å². The fourth-order valence-corrected chi connectivity index (χ4v) is 1.66. The number of nitrogen functional groups attached to an aromatic ring is 1. The van der Waals surface area contributed by atoms with E-state index in [9.17, 15) is 4.79 Å². The van der Waals surface area contributed by atoms with Gasteiger partial charge >= 0.3 is 0 Å². The second-order valence-corrected chi connectivity index (χ2v) is 4.59. The molecule has 0 aliphatic heterocycles. The van der Waals surface area contributed by atoms with Crippen molar-refractivity contribution in [3.63, 3.8) is 0 Å². The maximum absolute atomic E-state index is 11.9. The van der Waals surface area contributed by atoms with E-state index in [-0.39, 0.29) is 5.56 Å². The van der Waals surface area contributed by atoms with Gasteiger partial charge in [0.15, 0.2) is 0 Å². The molecule has 0 radical (unpaired) electrons. The monoisotopic (exact) mass is 246 g/mol. The Morgan fingerprint density at radius 1 is 1.50 bits per heavy atom. The van der Waals surface area contributed by atoms with Crippen LogP contribution >= 0.6 is 0 Å². The summed E-state index contributed by atoms with van der Waals surface area (Å²) in [5, 5.41) is 3.66. The highest BCUT2D eigenvalue weighted by molar-refractivity contribution is 5.81. The van der Waals surface area contributed by atoms with E-state index in [2.05, 4.69) is 29.1 Å². The molecule has 0 amide bonds. The normalized spacial score (nSPS) is 12.6. The van der Waals surface area contributed by atoms with Gasteiger partial charge in [0, 0.05) is 12.2 Å². The van der Waals surface area contributed by atoms with E-state index in [0.717, 1.165) is 13.0 Å². The zero-order chi connectivity index (χ0) is 13.1. The average Bonchev–Trinajstić information content (AvgIpc) is 2.37. The van der Waals surface area contributed by atoms with Gasteiger partial charge in [-0.25, -0.2) is 4.98 Å². The number of aromatic nitrogens is 2. The lowest BCUT2D eigenvalue weighted by molar-refractivity contribution is 0.591. The van der Waals surface area contributed by atoms with Gasteiger partial charge in [-0.15, -0.1) is 0 Å². The summed E-state index contributed by atoms with van der Waals surface area (Å²) in [6.45, 7) is 5.07. The first-order chi connectivity index (χ1) is 8.60. The van der Waals surface area contributed by atoms with Gasteiger partial charge in [-0.3, -0.25) is 9.78 Å². The van der Waals surface area contributed by atoms with Gasteiger partial charge in [-0.2, -0.15) is 0 Å². The Hall–Kier alpha value is -2.04. The number of aromatic amines is 1. The first-order valence-electron chi connectivity index (χ1n) is 6.13. The Kier molecular flexibility index (Phi) is 3.50. The minimum absolute atomic E-state index is 0.168. The zero-order valence-corrected chi connectivity index (χ0v) is 10.7. The summed E-state index contributed by atoms with van der Waals surface area (Å²) in [6.07, 6.45) is 1.08. The molecule has 0 saturated heterocycles. The third kappa shape index (κ3) is 2.61. The molecule has 96 valence electrons. The van der Waals surface area contributed by atoms with Crippen LogP contribution in [0.2, 0.25) is 0 Å². The van der Waals surface area contributed by atoms with Gasteiger partial charge in [-0.1, -0.05) is 20.3 Å². The number of anilines is 2. The van der Waals surface area contributed by atoms with Crippen molar-refractivity contribution < 1.29 is 0 Å². The summed E-state index contributed by atoms with van der Waals surface area (Å²) in [5.41, 5.74) is 6.70. The Morgan fingerprint density at radius 3 is 3.00 bits per heavy atom. The number of rotatable bonds is 4. The lowest BCUT2D eigenvalue weighted by atomic mass is 10.1. The molecule has 1 atom stereocenters. The quantitative estimate of drug-likeness (QED) is 0.720. The summed E-state index contributed by atoms with van der Waals surface area (Å²) < 4.78 is 0. The van der Waals surface area contributed by atoms with E-state index in [4.69, 9.17) is 5.73 Å². The van der Waals surface area contributed by atoms with E-state index in [1.165, 1.54) is 0 Å². The number of benzene rings is 1. The molecule has 1 unspecified atom stereocenters. The highest BCUT2D eigenvalue weighted by Gasteiger charge is 2.05. The maximum Gasteiger partial charge on any atom is 0.260 e. The zero-order valence-electron chi connectivity index (χ0n) is 10.7. The fourth-order valence-electron chi connectivity index (χ4n) is 1.66. The number of nitrogens with zero attached hydrogens (tertiary/aromatic N) is 1. The number of fused-ring (bicyclic) bond motifs is 1. The van der Waals surface area contributed by atoms with Gasteiger partial charge in [0.05, 0.1) is 10.9 Å². The van der Waals surface area contributed by atoms with Gasteiger partial charge in [0.1, 0.15) is 0 Å². The molecule has 0 spiro atoms. The van der Waals surface area contributed by atoms with Crippen LogP contribution in [-0.2, 0) is 0 Å². The van der Waals surface area contributed by atoms with Crippen molar-refractivity contribution in [1.82, 2.24) is 9.97 Å². The predicted molar refractivity (Wildman–Crippen MR) is 74.7 cm³/mol. The van der Waals surface area contributed by atoms with Crippen LogP contribution in [0.1, 0.15) is 20.3 Å². The van der Waals surface area contributed by atoms with Crippen molar-refractivity contribution in [1.29, 1.82) is 0 Å². The van der Waals surface area contributed by atoms with Crippen molar-refractivity contribution in [2.75, 3.05) is 17.6 Å². The Morgan fingerprint density at radius 2 is 2.28 bits per heavy atom. The van der Waals surface area contributed by atoms with Crippen LogP contribution in [0.25, 0.3) is 10.9 Å². The molecule has 0 saturated carbocycles. The SMILES string of the molecule is CCC(C)CNc1nc2ccc(N)cc2c(=O)[nH]1. The smallest absolute Gasteiger partial charge is 0.260 e. The van der Waals surface area contributed by atoms with Crippen LogP contribution in [0, 0.1) is 5.92 Å². The molecular weight excluding hydrogens is 228 g/mol. The van der Waals surface area contributed by atoms with E-state index in [0.29, 0.717) is 28.5 Å². The van der Waals surface area contributed by atoms with Crippen LogP contribution in [0.15, 0.2) is 23.0 Å². The lowest BCUT2D eigenvalue weighted by Crippen LogP contribution is -2.17. The second kappa shape index (κ2) is 5.08. The molecule has 0 aliphatic rings. The number of nitrogens with two attached hydrogens (primary N) is 1. The Labute approximate surface area is 105 Å². The van der Waals surface area contributed by atoms with Crippen LogP contribution in [-0.4, -0.2) is 16.5 Å². The molecule has 0 fully saturated rings. The Balaban J connectivity index is 2.32. The van der Waals surface area contributed by atoms with Crippen LogP contribution in [0.4, 0.5) is 11.6 Å². The molecule has 18 heavy (non-hydrogen) atoms. The molecule has 2 aromatic rings. The van der Waals surface area contributed by atoms with Gasteiger partial charge in [0.25, 0.3) is 5.56 Å². The summed E-state index contributed by atoms with van der Waals surface area (Å²) in [4.78, 5) is 19.0. The van der Waals surface area contributed by atoms with Gasteiger partial charge < -0.3 is 11.1 Å². The van der Waals surface area contributed by atoms with Crippen molar-refractivity contribution in [3.8, 4) is 0 Å². The Bertz CT molecular complexity index is 605. The van der Waals surface area contributed by atoms with Crippen molar-refractivity contribution >= 4 is 22.5 Å². The summed E-state index contributed by atoms with van der Waals surface area (Å²) in [6, 6.07) is 5.14. The van der Waals surface area contributed by atoms with Crippen LogP contribution < -0.4 is 16.6 Å². The highest BCUT2D eigenvalue weighted by Crippen LogP contribution is 2.13. The first-order valence-corrected chi connectivity index (χ1v) is 6.13. The molecule has 4 N–H and O–H groups in total. The molecular formula is C13H18N4O. The van der Waals surface area contributed by atoms with Crippen molar-refractivity contribution in [2.24, 2.45) is 5.92 Å². The van der Waals surface area contributed by atoms with E-state index >= 15 is 0 Å². The lowest BCUT2D eigenvalue weighted by Gasteiger charge is -2.10. The highest BCUT2D eigenvalue weighted by atomic mass is 16.1.